The number of H-pyrrole nitrogens is 1. The fourth-order valence-electron chi connectivity index (χ4n) is 5.99. The molecule has 0 atom stereocenters. The number of furan rings is 1. The van der Waals surface area contributed by atoms with Crippen LogP contribution in [0.2, 0.25) is 0 Å². The van der Waals surface area contributed by atoms with Crippen LogP contribution < -0.4 is 0 Å². The van der Waals surface area contributed by atoms with Crippen LogP contribution in [0.25, 0.3) is 61.3 Å². The van der Waals surface area contributed by atoms with Crippen LogP contribution in [0, 0.1) is 6.92 Å². The van der Waals surface area contributed by atoms with Crippen LogP contribution in [0.15, 0.2) is 157 Å². The highest BCUT2D eigenvalue weighted by Crippen LogP contribution is 2.32. The summed E-state index contributed by atoms with van der Waals surface area (Å²) in [5.41, 5.74) is 12.8. The average Bonchev–Trinajstić information content (AvgIpc) is 3.46. The Morgan fingerprint density at radius 2 is 1.27 bits per heavy atom. The lowest BCUT2D eigenvalue weighted by Crippen LogP contribution is -1.89. The molecule has 0 spiro atoms. The predicted octanol–water partition coefficient (Wildman–Crippen LogP) is 11.6. The molecule has 0 aliphatic heterocycles. The van der Waals surface area contributed by atoms with Crippen molar-refractivity contribution in [1.29, 1.82) is 0 Å². The minimum Gasteiger partial charge on any atom is -0.456 e. The van der Waals surface area contributed by atoms with E-state index in [1.165, 1.54) is 49.9 Å². The Morgan fingerprint density at radius 3 is 2.02 bits per heavy atom. The van der Waals surface area contributed by atoms with Crippen molar-refractivity contribution in [2.45, 2.75) is 13.3 Å². The zero-order valence-corrected chi connectivity index (χ0v) is 24.8. The molecule has 0 bridgehead atoms. The van der Waals surface area contributed by atoms with Crippen LogP contribution in [0.5, 0.6) is 0 Å². The molecule has 0 amide bonds. The van der Waals surface area contributed by atoms with Gasteiger partial charge in [0.15, 0.2) is 0 Å². The van der Waals surface area contributed by atoms with Gasteiger partial charge in [-0.05, 0) is 69.6 Å². The molecule has 7 aromatic rings. The van der Waals surface area contributed by atoms with Gasteiger partial charge >= 0.3 is 0 Å². The Bertz CT molecular complexity index is 2140. The molecule has 2 aromatic heterocycles. The Balaban J connectivity index is 1.15. The van der Waals surface area contributed by atoms with E-state index in [1.807, 2.05) is 18.3 Å². The topological polar surface area (TPSA) is 28.9 Å². The van der Waals surface area contributed by atoms with E-state index >= 15 is 0 Å². The van der Waals surface area contributed by atoms with Crippen LogP contribution in [0.4, 0.5) is 0 Å². The molecule has 0 saturated carbocycles. The lowest BCUT2D eigenvalue weighted by molar-refractivity contribution is 0.598. The Kier molecular flexibility index (Phi) is 7.40. The summed E-state index contributed by atoms with van der Waals surface area (Å²) in [5, 5.41) is 2.33. The van der Waals surface area contributed by atoms with Gasteiger partial charge in [0.25, 0.3) is 0 Å². The molecular formula is C42H33NO. The third kappa shape index (κ3) is 5.34. The molecule has 2 nitrogen and oxygen atoms in total. The molecule has 0 saturated heterocycles. The van der Waals surface area contributed by atoms with Crippen LogP contribution in [0.3, 0.4) is 0 Å². The zero-order chi connectivity index (χ0) is 29.9. The first-order valence-corrected chi connectivity index (χ1v) is 15.0. The summed E-state index contributed by atoms with van der Waals surface area (Å²) in [6.07, 6.45) is 4.60. The number of hydrogen-bond donors (Lipinski definition) is 1. The molecule has 5 aromatic carbocycles. The van der Waals surface area contributed by atoms with Crippen molar-refractivity contribution >= 4 is 27.9 Å². The number of para-hydroxylation sites is 1. The van der Waals surface area contributed by atoms with Gasteiger partial charge in [0.1, 0.15) is 11.3 Å². The second-order valence-electron chi connectivity index (χ2n) is 11.1. The van der Waals surface area contributed by atoms with E-state index in [4.69, 9.17) is 4.42 Å². The normalized spacial score (nSPS) is 11.0. The summed E-state index contributed by atoms with van der Waals surface area (Å²) in [5.74, 6) is 0.849. The van der Waals surface area contributed by atoms with Gasteiger partial charge in [0.2, 0.25) is 0 Å². The van der Waals surface area contributed by atoms with Crippen molar-refractivity contribution in [3.8, 4) is 33.4 Å². The largest absolute Gasteiger partial charge is 0.456 e. The minimum absolute atomic E-state index is 0.818. The van der Waals surface area contributed by atoms with Crippen molar-refractivity contribution in [1.82, 2.24) is 4.98 Å². The summed E-state index contributed by atoms with van der Waals surface area (Å²) in [4.78, 5) is 3.51. The van der Waals surface area contributed by atoms with E-state index in [1.54, 1.807) is 6.08 Å². The highest BCUT2D eigenvalue weighted by atomic mass is 16.3. The number of aromatic amines is 1. The highest BCUT2D eigenvalue weighted by Gasteiger charge is 2.12. The number of rotatable bonds is 6. The first-order chi connectivity index (χ1) is 21.7. The molecule has 0 aliphatic rings. The maximum Gasteiger partial charge on any atom is 0.138 e. The number of aryl methyl sites for hydroxylation is 1. The van der Waals surface area contributed by atoms with E-state index < -0.39 is 0 Å². The van der Waals surface area contributed by atoms with Gasteiger partial charge in [-0.15, -0.1) is 0 Å². The quantitative estimate of drug-likeness (QED) is 0.213. The SMILES string of the molecule is C=Cc1oc2c(Cc3ccc(-c4ccc(-c5ccc6c(-c7ccccc7)ccccc[nH]c6c5)cc4)cc3)cccc2c1C. The number of aromatic nitrogens is 1. The first kappa shape index (κ1) is 27.2. The van der Waals surface area contributed by atoms with E-state index in [0.717, 1.165) is 34.2 Å². The minimum atomic E-state index is 0.818. The van der Waals surface area contributed by atoms with Crippen molar-refractivity contribution in [2.75, 3.05) is 0 Å². The van der Waals surface area contributed by atoms with Gasteiger partial charge in [-0.3, -0.25) is 0 Å². The van der Waals surface area contributed by atoms with Gasteiger partial charge in [0, 0.05) is 34.5 Å². The Morgan fingerprint density at radius 1 is 0.614 bits per heavy atom. The third-order valence-electron chi connectivity index (χ3n) is 8.38. The van der Waals surface area contributed by atoms with E-state index in [-0.39, 0.29) is 0 Å². The number of benzene rings is 5. The van der Waals surface area contributed by atoms with Crippen molar-refractivity contribution in [2.24, 2.45) is 0 Å². The lowest BCUT2D eigenvalue weighted by atomic mass is 9.96. The van der Waals surface area contributed by atoms with E-state index in [0.29, 0.717) is 0 Å². The maximum atomic E-state index is 6.13. The highest BCUT2D eigenvalue weighted by molar-refractivity contribution is 5.95. The molecule has 0 aliphatic carbocycles. The van der Waals surface area contributed by atoms with E-state index in [9.17, 15) is 0 Å². The lowest BCUT2D eigenvalue weighted by Gasteiger charge is -2.09. The summed E-state index contributed by atoms with van der Waals surface area (Å²) >= 11 is 0. The molecule has 7 rings (SSSR count). The van der Waals surface area contributed by atoms with Gasteiger partial charge in [0.05, 0.1) is 0 Å². The fourth-order valence-corrected chi connectivity index (χ4v) is 5.99. The van der Waals surface area contributed by atoms with Crippen molar-refractivity contribution in [3.63, 3.8) is 0 Å². The number of nitrogens with one attached hydrogen (secondary N) is 1. The summed E-state index contributed by atoms with van der Waals surface area (Å²) in [7, 11) is 0. The second-order valence-corrected chi connectivity index (χ2v) is 11.1. The van der Waals surface area contributed by atoms with Gasteiger partial charge in [-0.2, -0.15) is 0 Å². The van der Waals surface area contributed by atoms with Crippen LogP contribution in [0.1, 0.15) is 22.5 Å². The second kappa shape index (κ2) is 11.9. The molecule has 0 fully saturated rings. The summed E-state index contributed by atoms with van der Waals surface area (Å²) in [6, 6.07) is 49.7. The number of hydrogen-bond acceptors (Lipinski definition) is 1. The zero-order valence-electron chi connectivity index (χ0n) is 24.8. The van der Waals surface area contributed by atoms with Crippen molar-refractivity contribution in [3.05, 3.63) is 175 Å². The first-order valence-electron chi connectivity index (χ1n) is 15.0. The molecule has 212 valence electrons. The fraction of sp³-hybridized carbons (Fsp3) is 0.0476. The predicted molar refractivity (Wildman–Crippen MR) is 186 cm³/mol. The third-order valence-corrected chi connectivity index (χ3v) is 8.38. The monoisotopic (exact) mass is 567 g/mol. The standard InChI is InChI=1S/C42H33NO/c1-3-41-29(2)37-15-10-13-36(42(37)44-41)27-30-16-18-31(19-17-30)32-20-22-33(23-21-32)35-24-25-39-38(34-11-6-4-7-12-34)14-8-5-9-26-43-40(39)28-35/h3-26,28,43H,1,27H2,2H3. The summed E-state index contributed by atoms with van der Waals surface area (Å²) in [6.45, 7) is 5.99. The van der Waals surface area contributed by atoms with Crippen LogP contribution >= 0.6 is 0 Å². The molecule has 44 heavy (non-hydrogen) atoms. The molecule has 0 radical (unpaired) electrons. The van der Waals surface area contributed by atoms with E-state index in [2.05, 4.69) is 146 Å². The van der Waals surface area contributed by atoms with Gasteiger partial charge in [-0.1, -0.05) is 134 Å². The molecule has 2 heterocycles. The van der Waals surface area contributed by atoms with Crippen molar-refractivity contribution < 1.29 is 4.42 Å². The average molecular weight is 568 g/mol. The smallest absolute Gasteiger partial charge is 0.138 e. The van der Waals surface area contributed by atoms with Crippen LogP contribution in [-0.2, 0) is 6.42 Å². The van der Waals surface area contributed by atoms with Crippen LogP contribution in [-0.4, -0.2) is 4.98 Å². The molecule has 1 N–H and O–H groups in total. The summed E-state index contributed by atoms with van der Waals surface area (Å²) < 4.78 is 6.13. The molecule has 0 unspecified atom stereocenters. The maximum absolute atomic E-state index is 6.13. The van der Waals surface area contributed by atoms with Gasteiger partial charge in [-0.25, -0.2) is 0 Å². The molecular weight excluding hydrogens is 534 g/mol. The van der Waals surface area contributed by atoms with Gasteiger partial charge < -0.3 is 9.40 Å². The Labute approximate surface area is 258 Å². The Hall–Kier alpha value is -5.60. The molecule has 2 heteroatoms. The number of fused-ring (bicyclic) bond motifs is 2.